The summed E-state index contributed by atoms with van der Waals surface area (Å²) in [4.78, 5) is 27.5. The SMILES string of the molecule is CCN1CCc2ccc(NC(=O)C(CCSC)NC(=O)COc3ccccc3)cc21. The van der Waals surface area contributed by atoms with Crippen molar-refractivity contribution in [2.45, 2.75) is 25.8 Å². The molecule has 2 amide bonds. The summed E-state index contributed by atoms with van der Waals surface area (Å²) in [7, 11) is 0. The Kier molecular flexibility index (Phi) is 8.02. The van der Waals surface area contributed by atoms with Gasteiger partial charge in [-0.15, -0.1) is 0 Å². The normalized spacial score (nSPS) is 13.5. The lowest BCUT2D eigenvalue weighted by molar-refractivity contribution is -0.127. The Morgan fingerprint density at radius 1 is 1.20 bits per heavy atom. The van der Waals surface area contributed by atoms with E-state index in [2.05, 4.69) is 28.5 Å². The molecule has 1 unspecified atom stereocenters. The van der Waals surface area contributed by atoms with Gasteiger partial charge < -0.3 is 20.3 Å². The van der Waals surface area contributed by atoms with Crippen molar-refractivity contribution in [3.05, 3.63) is 54.1 Å². The second-order valence-electron chi connectivity index (χ2n) is 7.17. The van der Waals surface area contributed by atoms with E-state index in [0.29, 0.717) is 12.2 Å². The van der Waals surface area contributed by atoms with E-state index < -0.39 is 6.04 Å². The summed E-state index contributed by atoms with van der Waals surface area (Å²) < 4.78 is 5.49. The van der Waals surface area contributed by atoms with Gasteiger partial charge in [0.25, 0.3) is 5.91 Å². The highest BCUT2D eigenvalue weighted by molar-refractivity contribution is 7.98. The van der Waals surface area contributed by atoms with Crippen molar-refractivity contribution in [3.63, 3.8) is 0 Å². The Bertz CT molecular complexity index is 860. The third kappa shape index (κ3) is 5.92. The summed E-state index contributed by atoms with van der Waals surface area (Å²) in [6.45, 7) is 3.96. The summed E-state index contributed by atoms with van der Waals surface area (Å²) in [5.41, 5.74) is 3.24. The first-order valence-electron chi connectivity index (χ1n) is 10.3. The first kappa shape index (κ1) is 22.0. The van der Waals surface area contributed by atoms with Crippen LogP contribution in [0.3, 0.4) is 0 Å². The quantitative estimate of drug-likeness (QED) is 0.609. The van der Waals surface area contributed by atoms with Gasteiger partial charge >= 0.3 is 0 Å². The van der Waals surface area contributed by atoms with E-state index in [4.69, 9.17) is 4.74 Å². The van der Waals surface area contributed by atoms with Crippen LogP contribution in [0.5, 0.6) is 5.75 Å². The number of para-hydroxylation sites is 1. The molecule has 0 saturated heterocycles. The zero-order chi connectivity index (χ0) is 21.3. The Morgan fingerprint density at radius 3 is 2.73 bits per heavy atom. The van der Waals surface area contributed by atoms with Crippen molar-refractivity contribution in [1.82, 2.24) is 5.32 Å². The smallest absolute Gasteiger partial charge is 0.258 e. The molecule has 6 nitrogen and oxygen atoms in total. The minimum atomic E-state index is -0.611. The van der Waals surface area contributed by atoms with Crippen molar-refractivity contribution in [2.24, 2.45) is 0 Å². The predicted molar refractivity (Wildman–Crippen MR) is 124 cm³/mol. The number of likely N-dealkylation sites (N-methyl/N-ethyl adjacent to an activating group) is 1. The van der Waals surface area contributed by atoms with Gasteiger partial charge in [0, 0.05) is 24.5 Å². The minimum Gasteiger partial charge on any atom is -0.484 e. The Hall–Kier alpha value is -2.67. The van der Waals surface area contributed by atoms with Crippen LogP contribution in [0.4, 0.5) is 11.4 Å². The summed E-state index contributed by atoms with van der Waals surface area (Å²) in [6, 6.07) is 14.6. The molecule has 0 aromatic heterocycles. The fraction of sp³-hybridized carbons (Fsp3) is 0.391. The lowest BCUT2D eigenvalue weighted by Crippen LogP contribution is -2.45. The summed E-state index contributed by atoms with van der Waals surface area (Å²) >= 11 is 1.64. The van der Waals surface area contributed by atoms with E-state index in [0.717, 1.165) is 31.0 Å². The minimum absolute atomic E-state index is 0.128. The van der Waals surface area contributed by atoms with Crippen LogP contribution in [0.25, 0.3) is 0 Å². The number of nitrogens with one attached hydrogen (secondary N) is 2. The number of benzene rings is 2. The van der Waals surface area contributed by atoms with Gasteiger partial charge in [0.15, 0.2) is 6.61 Å². The number of fused-ring (bicyclic) bond motifs is 1. The number of anilines is 2. The molecule has 1 atom stereocenters. The third-order valence-corrected chi connectivity index (χ3v) is 5.75. The fourth-order valence-electron chi connectivity index (χ4n) is 3.49. The molecule has 30 heavy (non-hydrogen) atoms. The number of carbonyl (C=O) groups is 2. The van der Waals surface area contributed by atoms with Crippen LogP contribution < -0.4 is 20.3 Å². The molecule has 3 rings (SSSR count). The van der Waals surface area contributed by atoms with Crippen molar-refractivity contribution in [2.75, 3.05) is 41.9 Å². The molecule has 0 bridgehead atoms. The number of nitrogens with zero attached hydrogens (tertiary/aromatic N) is 1. The highest BCUT2D eigenvalue weighted by Gasteiger charge is 2.22. The first-order valence-corrected chi connectivity index (χ1v) is 11.6. The maximum absolute atomic E-state index is 12.9. The van der Waals surface area contributed by atoms with E-state index in [-0.39, 0.29) is 18.4 Å². The monoisotopic (exact) mass is 427 g/mol. The molecule has 0 radical (unpaired) electrons. The molecule has 1 aliphatic rings. The second kappa shape index (κ2) is 10.9. The largest absolute Gasteiger partial charge is 0.484 e. The summed E-state index contributed by atoms with van der Waals surface area (Å²) in [5.74, 6) is 0.867. The molecule has 2 N–H and O–H groups in total. The highest BCUT2D eigenvalue weighted by Crippen LogP contribution is 2.30. The van der Waals surface area contributed by atoms with Gasteiger partial charge in [-0.05, 0) is 61.6 Å². The molecule has 1 aliphatic heterocycles. The van der Waals surface area contributed by atoms with E-state index in [9.17, 15) is 9.59 Å². The van der Waals surface area contributed by atoms with Crippen LogP contribution in [0.1, 0.15) is 18.9 Å². The Morgan fingerprint density at radius 2 is 2.00 bits per heavy atom. The molecule has 0 saturated carbocycles. The molecule has 7 heteroatoms. The van der Waals surface area contributed by atoms with Gasteiger partial charge in [0.05, 0.1) is 0 Å². The first-order chi connectivity index (χ1) is 14.6. The second-order valence-corrected chi connectivity index (χ2v) is 8.15. The standard InChI is InChI=1S/C23H29N3O3S/c1-3-26-13-11-17-9-10-18(15-21(17)26)24-23(28)20(12-14-30-2)25-22(27)16-29-19-7-5-4-6-8-19/h4-10,15,20H,3,11-14,16H2,1-2H3,(H,24,28)(H,25,27). The predicted octanol–water partition coefficient (Wildman–Crippen LogP) is 3.32. The molecule has 2 aromatic carbocycles. The van der Waals surface area contributed by atoms with Crippen LogP contribution in [-0.4, -0.2) is 49.6 Å². The number of hydrogen-bond donors (Lipinski definition) is 2. The number of thioether (sulfide) groups is 1. The number of rotatable bonds is 10. The zero-order valence-corrected chi connectivity index (χ0v) is 18.3. The number of hydrogen-bond acceptors (Lipinski definition) is 5. The topological polar surface area (TPSA) is 70.7 Å². The molecule has 0 aliphatic carbocycles. The lowest BCUT2D eigenvalue weighted by Gasteiger charge is -2.20. The molecular weight excluding hydrogens is 398 g/mol. The van der Waals surface area contributed by atoms with Gasteiger partial charge in [-0.2, -0.15) is 11.8 Å². The van der Waals surface area contributed by atoms with Crippen LogP contribution in [-0.2, 0) is 16.0 Å². The van der Waals surface area contributed by atoms with Gasteiger partial charge in [0.2, 0.25) is 5.91 Å². The maximum Gasteiger partial charge on any atom is 0.258 e. The maximum atomic E-state index is 12.9. The average molecular weight is 428 g/mol. The van der Waals surface area contributed by atoms with E-state index in [1.54, 1.807) is 23.9 Å². The number of carbonyl (C=O) groups excluding carboxylic acids is 2. The van der Waals surface area contributed by atoms with Crippen molar-refractivity contribution in [3.8, 4) is 5.75 Å². The van der Waals surface area contributed by atoms with E-state index in [1.165, 1.54) is 11.3 Å². The summed E-state index contributed by atoms with van der Waals surface area (Å²) in [5, 5.41) is 5.79. The van der Waals surface area contributed by atoms with Gasteiger partial charge in [-0.1, -0.05) is 24.3 Å². The number of amides is 2. The molecule has 0 spiro atoms. The van der Waals surface area contributed by atoms with Crippen LogP contribution >= 0.6 is 11.8 Å². The molecule has 0 fully saturated rings. The molecule has 2 aromatic rings. The third-order valence-electron chi connectivity index (χ3n) is 5.10. The van der Waals surface area contributed by atoms with Gasteiger partial charge in [-0.3, -0.25) is 9.59 Å². The Balaban J connectivity index is 1.60. The Labute approximate surface area is 182 Å². The van der Waals surface area contributed by atoms with E-state index in [1.807, 2.05) is 36.6 Å². The zero-order valence-electron chi connectivity index (χ0n) is 17.5. The molecule has 1 heterocycles. The molecular formula is C23H29N3O3S. The van der Waals surface area contributed by atoms with Crippen molar-refractivity contribution >= 4 is 35.0 Å². The lowest BCUT2D eigenvalue weighted by atomic mass is 10.1. The van der Waals surface area contributed by atoms with Crippen molar-refractivity contribution in [1.29, 1.82) is 0 Å². The number of ether oxygens (including phenoxy) is 1. The van der Waals surface area contributed by atoms with Crippen LogP contribution in [0, 0.1) is 0 Å². The molecule has 160 valence electrons. The van der Waals surface area contributed by atoms with Gasteiger partial charge in [-0.25, -0.2) is 0 Å². The average Bonchev–Trinajstić information content (AvgIpc) is 3.18. The van der Waals surface area contributed by atoms with Crippen LogP contribution in [0.15, 0.2) is 48.5 Å². The fourth-order valence-corrected chi connectivity index (χ4v) is 3.96. The van der Waals surface area contributed by atoms with Gasteiger partial charge in [0.1, 0.15) is 11.8 Å². The van der Waals surface area contributed by atoms with E-state index >= 15 is 0 Å². The van der Waals surface area contributed by atoms with Crippen LogP contribution in [0.2, 0.25) is 0 Å². The highest BCUT2D eigenvalue weighted by atomic mass is 32.2. The van der Waals surface area contributed by atoms with Crippen molar-refractivity contribution < 1.29 is 14.3 Å². The summed E-state index contributed by atoms with van der Waals surface area (Å²) in [6.07, 6.45) is 3.57.